The van der Waals surface area contributed by atoms with Gasteiger partial charge in [-0.1, -0.05) is 19.9 Å². The fraction of sp³-hybridized carbons (Fsp3) is 0.533. The quantitative estimate of drug-likeness (QED) is 0.826. The monoisotopic (exact) mass is 245 g/mol. The Morgan fingerprint density at radius 3 is 2.89 bits per heavy atom. The minimum absolute atomic E-state index is 0.224. The Morgan fingerprint density at radius 2 is 2.22 bits per heavy atom. The molecular formula is C15H19NO2. The Morgan fingerprint density at radius 1 is 1.39 bits per heavy atom. The summed E-state index contributed by atoms with van der Waals surface area (Å²) in [5.41, 5.74) is 1.67. The van der Waals surface area contributed by atoms with Crippen molar-refractivity contribution in [1.82, 2.24) is 5.32 Å². The molecule has 1 unspecified atom stereocenters. The van der Waals surface area contributed by atoms with Crippen molar-refractivity contribution in [3.05, 3.63) is 29.3 Å². The molecule has 3 rings (SSSR count). The normalized spacial score (nSPS) is 26.5. The van der Waals surface area contributed by atoms with Crippen molar-refractivity contribution in [3.8, 4) is 5.75 Å². The number of fused-ring (bicyclic) bond motifs is 1. The third kappa shape index (κ3) is 1.83. The van der Waals surface area contributed by atoms with Crippen molar-refractivity contribution in [1.29, 1.82) is 0 Å². The van der Waals surface area contributed by atoms with E-state index >= 15 is 0 Å². The molecule has 96 valence electrons. The lowest BCUT2D eigenvalue weighted by molar-refractivity contribution is 0.0528. The molecule has 1 N–H and O–H groups in total. The predicted molar refractivity (Wildman–Crippen MR) is 70.3 cm³/mol. The molecule has 2 aliphatic heterocycles. The fourth-order valence-electron chi connectivity index (χ4n) is 2.83. The van der Waals surface area contributed by atoms with E-state index in [1.54, 1.807) is 0 Å². The molecule has 0 amide bonds. The third-order valence-electron chi connectivity index (χ3n) is 3.98. The first-order valence-electron chi connectivity index (χ1n) is 6.67. The van der Waals surface area contributed by atoms with Gasteiger partial charge in [-0.05, 0) is 30.2 Å². The highest BCUT2D eigenvalue weighted by Gasteiger charge is 2.42. The predicted octanol–water partition coefficient (Wildman–Crippen LogP) is 2.51. The minimum atomic E-state index is -0.288. The highest BCUT2D eigenvalue weighted by molar-refractivity contribution is 6.00. The zero-order chi connectivity index (χ0) is 12.8. The molecule has 18 heavy (non-hydrogen) atoms. The fourth-order valence-corrected chi connectivity index (χ4v) is 2.83. The summed E-state index contributed by atoms with van der Waals surface area (Å²) in [6.07, 6.45) is 1.43. The van der Waals surface area contributed by atoms with Crippen molar-refractivity contribution in [2.24, 2.45) is 0 Å². The Hall–Kier alpha value is -1.35. The Labute approximate surface area is 108 Å². The first-order chi connectivity index (χ1) is 8.60. The molecule has 1 atom stereocenters. The van der Waals surface area contributed by atoms with Gasteiger partial charge in [-0.25, -0.2) is 0 Å². The van der Waals surface area contributed by atoms with Crippen molar-refractivity contribution in [2.45, 2.75) is 38.2 Å². The summed E-state index contributed by atoms with van der Waals surface area (Å²) in [5, 5.41) is 3.29. The number of nitrogens with one attached hydrogen (secondary N) is 1. The van der Waals surface area contributed by atoms with E-state index in [1.165, 1.54) is 5.56 Å². The lowest BCUT2D eigenvalue weighted by Crippen LogP contribution is -2.43. The average molecular weight is 245 g/mol. The summed E-state index contributed by atoms with van der Waals surface area (Å²) in [7, 11) is 0. The van der Waals surface area contributed by atoms with E-state index in [0.29, 0.717) is 12.3 Å². The Kier molecular flexibility index (Phi) is 2.67. The first kappa shape index (κ1) is 11.7. The van der Waals surface area contributed by atoms with Crippen molar-refractivity contribution < 1.29 is 9.53 Å². The summed E-state index contributed by atoms with van der Waals surface area (Å²) in [6, 6.07) is 6.03. The molecule has 2 heterocycles. The third-order valence-corrected chi connectivity index (χ3v) is 3.98. The number of carbonyl (C=O) groups is 1. The van der Waals surface area contributed by atoms with Gasteiger partial charge in [-0.2, -0.15) is 0 Å². The van der Waals surface area contributed by atoms with Crippen LogP contribution in [0.3, 0.4) is 0 Å². The number of ketones is 1. The largest absolute Gasteiger partial charge is 0.485 e. The summed E-state index contributed by atoms with van der Waals surface area (Å²) < 4.78 is 6.10. The highest BCUT2D eigenvalue weighted by atomic mass is 16.5. The molecule has 1 saturated heterocycles. The number of Topliss-reactive ketones (excluding diaryl/α,β-unsaturated/α-hetero) is 1. The van der Waals surface area contributed by atoms with Crippen molar-refractivity contribution in [2.75, 3.05) is 13.1 Å². The molecule has 0 aromatic heterocycles. The van der Waals surface area contributed by atoms with Crippen molar-refractivity contribution >= 4 is 5.78 Å². The number of hydrogen-bond acceptors (Lipinski definition) is 3. The maximum Gasteiger partial charge on any atom is 0.170 e. The van der Waals surface area contributed by atoms with Gasteiger partial charge in [0, 0.05) is 13.0 Å². The molecular weight excluding hydrogens is 226 g/mol. The van der Waals surface area contributed by atoms with Gasteiger partial charge in [-0.3, -0.25) is 4.79 Å². The van der Waals surface area contributed by atoms with E-state index < -0.39 is 0 Å². The van der Waals surface area contributed by atoms with E-state index in [1.807, 2.05) is 12.1 Å². The second kappa shape index (κ2) is 4.09. The van der Waals surface area contributed by atoms with Crippen LogP contribution in [0, 0.1) is 0 Å². The number of benzene rings is 1. The number of ether oxygens (including phenoxy) is 1. The molecule has 1 aromatic carbocycles. The molecule has 2 aliphatic rings. The maximum atomic E-state index is 12.3. The minimum Gasteiger partial charge on any atom is -0.485 e. The maximum absolute atomic E-state index is 12.3. The molecule has 0 saturated carbocycles. The Bertz CT molecular complexity index is 487. The van der Waals surface area contributed by atoms with Crippen molar-refractivity contribution in [3.63, 3.8) is 0 Å². The van der Waals surface area contributed by atoms with Crippen LogP contribution >= 0.6 is 0 Å². The van der Waals surface area contributed by atoms with Gasteiger partial charge >= 0.3 is 0 Å². The smallest absolute Gasteiger partial charge is 0.170 e. The van der Waals surface area contributed by atoms with Gasteiger partial charge in [0.25, 0.3) is 0 Å². The lowest BCUT2D eigenvalue weighted by Gasteiger charge is -2.34. The van der Waals surface area contributed by atoms with Gasteiger partial charge in [-0.15, -0.1) is 0 Å². The van der Waals surface area contributed by atoms with Crippen LogP contribution in [-0.4, -0.2) is 24.5 Å². The summed E-state index contributed by atoms with van der Waals surface area (Å²) in [5.74, 6) is 1.42. The van der Waals surface area contributed by atoms with Gasteiger partial charge in [0.1, 0.15) is 11.4 Å². The van der Waals surface area contributed by atoms with Crippen LogP contribution < -0.4 is 10.1 Å². The standard InChI is InChI=1S/C15H19NO2/c1-10(2)11-3-4-14-12(7-11)13(17)8-15(18-14)5-6-16-9-15/h3-4,7,10,16H,5-6,8-9H2,1-2H3. The van der Waals surface area contributed by atoms with Gasteiger partial charge in [0.15, 0.2) is 5.78 Å². The van der Waals surface area contributed by atoms with E-state index in [9.17, 15) is 4.79 Å². The number of carbonyl (C=O) groups excluding carboxylic acids is 1. The van der Waals surface area contributed by atoms with Crippen LogP contribution in [0.15, 0.2) is 18.2 Å². The van der Waals surface area contributed by atoms with Crippen LogP contribution in [0.5, 0.6) is 5.75 Å². The summed E-state index contributed by atoms with van der Waals surface area (Å²) in [6.45, 7) is 5.99. The van der Waals surface area contributed by atoms with Crippen LogP contribution in [0.4, 0.5) is 0 Å². The zero-order valence-corrected chi connectivity index (χ0v) is 11.0. The second-order valence-corrected chi connectivity index (χ2v) is 5.72. The Balaban J connectivity index is 1.98. The van der Waals surface area contributed by atoms with Gasteiger partial charge < -0.3 is 10.1 Å². The van der Waals surface area contributed by atoms with E-state index in [0.717, 1.165) is 30.8 Å². The summed E-state index contributed by atoms with van der Waals surface area (Å²) >= 11 is 0. The van der Waals surface area contributed by atoms with E-state index in [2.05, 4.69) is 25.2 Å². The number of rotatable bonds is 1. The van der Waals surface area contributed by atoms with E-state index in [-0.39, 0.29) is 11.4 Å². The molecule has 1 aromatic rings. The second-order valence-electron chi connectivity index (χ2n) is 5.72. The lowest BCUT2D eigenvalue weighted by atomic mass is 9.87. The number of hydrogen-bond donors (Lipinski definition) is 1. The van der Waals surface area contributed by atoms with Crippen LogP contribution in [0.2, 0.25) is 0 Å². The molecule has 1 spiro atoms. The molecule has 0 radical (unpaired) electrons. The van der Waals surface area contributed by atoms with E-state index in [4.69, 9.17) is 4.74 Å². The topological polar surface area (TPSA) is 38.3 Å². The highest BCUT2D eigenvalue weighted by Crippen LogP contribution is 2.37. The van der Waals surface area contributed by atoms with Gasteiger partial charge in [0.2, 0.25) is 0 Å². The average Bonchev–Trinajstić information content (AvgIpc) is 2.76. The molecule has 1 fully saturated rings. The molecule has 3 nitrogen and oxygen atoms in total. The van der Waals surface area contributed by atoms with Crippen LogP contribution in [0.25, 0.3) is 0 Å². The summed E-state index contributed by atoms with van der Waals surface area (Å²) in [4.78, 5) is 12.3. The first-order valence-corrected chi connectivity index (χ1v) is 6.67. The van der Waals surface area contributed by atoms with Crippen LogP contribution in [0.1, 0.15) is 48.5 Å². The zero-order valence-electron chi connectivity index (χ0n) is 11.0. The SMILES string of the molecule is CC(C)c1ccc2c(c1)C(=O)CC1(CCNC1)O2. The van der Waals surface area contributed by atoms with Gasteiger partial charge in [0.05, 0.1) is 12.0 Å². The van der Waals surface area contributed by atoms with Crippen LogP contribution in [-0.2, 0) is 0 Å². The molecule has 0 aliphatic carbocycles. The molecule has 0 bridgehead atoms. The molecule has 3 heteroatoms.